The van der Waals surface area contributed by atoms with Gasteiger partial charge in [-0.2, -0.15) is 0 Å². The summed E-state index contributed by atoms with van der Waals surface area (Å²) < 4.78 is 65.9. The van der Waals surface area contributed by atoms with Crippen LogP contribution >= 0.6 is 0 Å². The van der Waals surface area contributed by atoms with Crippen LogP contribution in [0.25, 0.3) is 0 Å². The van der Waals surface area contributed by atoms with Gasteiger partial charge >= 0.3 is 0 Å². The average molecular weight is 315 g/mol. The zero-order valence-electron chi connectivity index (χ0n) is 11.0. The zero-order chi connectivity index (χ0) is 15.6. The Labute approximate surface area is 120 Å². The monoisotopic (exact) mass is 315 g/mol. The molecule has 7 heteroatoms. The molecule has 0 saturated heterocycles. The number of hydrogen-bond donors (Lipinski definition) is 1. The molecule has 1 N–H and O–H groups in total. The van der Waals surface area contributed by atoms with Crippen LogP contribution in [0.1, 0.15) is 18.5 Å². The molecule has 2 aromatic rings. The van der Waals surface area contributed by atoms with Gasteiger partial charge in [0.2, 0.25) is 10.0 Å². The van der Waals surface area contributed by atoms with E-state index in [1.165, 1.54) is 0 Å². The van der Waals surface area contributed by atoms with Crippen LogP contribution in [-0.4, -0.2) is 8.42 Å². The lowest BCUT2D eigenvalue weighted by atomic mass is 10.1. The van der Waals surface area contributed by atoms with Gasteiger partial charge in [0.25, 0.3) is 0 Å². The van der Waals surface area contributed by atoms with E-state index in [0.29, 0.717) is 17.7 Å². The zero-order valence-corrected chi connectivity index (χ0v) is 11.8. The third-order valence-corrected chi connectivity index (χ3v) is 4.48. The van der Waals surface area contributed by atoms with Crippen molar-refractivity contribution >= 4 is 10.0 Å². The Kier molecular flexibility index (Phi) is 4.34. The highest BCUT2D eigenvalue weighted by molar-refractivity contribution is 7.89. The lowest BCUT2D eigenvalue weighted by molar-refractivity contribution is 0.431. The number of hydrogen-bond acceptors (Lipinski definition) is 2. The second-order valence-corrected chi connectivity index (χ2v) is 6.11. The molecule has 0 aromatic heterocycles. The van der Waals surface area contributed by atoms with Crippen molar-refractivity contribution in [1.29, 1.82) is 0 Å². The molecular weight excluding hydrogens is 303 g/mol. The van der Waals surface area contributed by atoms with Gasteiger partial charge in [-0.05, 0) is 24.6 Å². The molecule has 0 bridgehead atoms. The molecule has 112 valence electrons. The van der Waals surface area contributed by atoms with Gasteiger partial charge in [-0.1, -0.05) is 30.3 Å². The number of rotatable bonds is 4. The molecule has 1 atom stereocenters. The minimum Gasteiger partial charge on any atom is -0.207 e. The minimum atomic E-state index is -4.31. The third-order valence-electron chi connectivity index (χ3n) is 2.92. The predicted molar refractivity (Wildman–Crippen MR) is 71.5 cm³/mol. The molecule has 1 unspecified atom stereocenters. The lowest BCUT2D eigenvalue weighted by Gasteiger charge is -2.15. The van der Waals surface area contributed by atoms with Gasteiger partial charge in [-0.25, -0.2) is 26.3 Å². The summed E-state index contributed by atoms with van der Waals surface area (Å²) >= 11 is 0. The molecule has 2 rings (SSSR count). The van der Waals surface area contributed by atoms with Crippen molar-refractivity contribution < 1.29 is 21.6 Å². The first-order chi connectivity index (χ1) is 9.83. The summed E-state index contributed by atoms with van der Waals surface area (Å²) in [5.41, 5.74) is 0.657. The van der Waals surface area contributed by atoms with Crippen LogP contribution in [0.15, 0.2) is 47.4 Å². The van der Waals surface area contributed by atoms with Gasteiger partial charge in [0.15, 0.2) is 17.5 Å². The fourth-order valence-electron chi connectivity index (χ4n) is 1.82. The molecule has 0 radical (unpaired) electrons. The van der Waals surface area contributed by atoms with Crippen LogP contribution in [0.3, 0.4) is 0 Å². The maximum Gasteiger partial charge on any atom is 0.244 e. The molecule has 0 saturated carbocycles. The molecule has 0 spiro atoms. The molecule has 21 heavy (non-hydrogen) atoms. The third kappa shape index (κ3) is 3.25. The van der Waals surface area contributed by atoms with Crippen LogP contribution < -0.4 is 4.72 Å². The first-order valence-electron chi connectivity index (χ1n) is 6.03. The van der Waals surface area contributed by atoms with Crippen molar-refractivity contribution in [2.45, 2.75) is 17.9 Å². The van der Waals surface area contributed by atoms with E-state index in [1.54, 1.807) is 37.3 Å². The van der Waals surface area contributed by atoms with Gasteiger partial charge in [0, 0.05) is 6.04 Å². The molecular formula is C14H12F3NO2S. The second-order valence-electron chi connectivity index (χ2n) is 4.43. The van der Waals surface area contributed by atoms with Crippen molar-refractivity contribution in [2.75, 3.05) is 0 Å². The Morgan fingerprint density at radius 3 is 2.19 bits per heavy atom. The van der Waals surface area contributed by atoms with Crippen molar-refractivity contribution in [1.82, 2.24) is 4.72 Å². The second kappa shape index (κ2) is 5.87. The van der Waals surface area contributed by atoms with Crippen LogP contribution in [0, 0.1) is 17.5 Å². The molecule has 0 aliphatic rings. The van der Waals surface area contributed by atoms with Gasteiger partial charge in [0.1, 0.15) is 4.90 Å². The largest absolute Gasteiger partial charge is 0.244 e. The van der Waals surface area contributed by atoms with E-state index >= 15 is 0 Å². The Morgan fingerprint density at radius 1 is 0.952 bits per heavy atom. The fraction of sp³-hybridized carbons (Fsp3) is 0.143. The number of benzene rings is 2. The Bertz CT molecular complexity index is 748. The minimum absolute atomic E-state index is 0.570. The van der Waals surface area contributed by atoms with Crippen molar-refractivity contribution in [2.24, 2.45) is 0 Å². The molecule has 2 aromatic carbocycles. The summed E-state index contributed by atoms with van der Waals surface area (Å²) in [7, 11) is -4.31. The lowest BCUT2D eigenvalue weighted by Crippen LogP contribution is -2.28. The van der Waals surface area contributed by atoms with Crippen molar-refractivity contribution in [3.8, 4) is 0 Å². The van der Waals surface area contributed by atoms with E-state index in [0.717, 1.165) is 0 Å². The topological polar surface area (TPSA) is 46.2 Å². The SMILES string of the molecule is CC(NS(=O)(=O)c1ccc(F)c(F)c1F)c1ccccc1. The number of halogens is 3. The normalized spacial score (nSPS) is 13.1. The Hall–Kier alpha value is -1.86. The van der Waals surface area contributed by atoms with E-state index in [9.17, 15) is 21.6 Å². The Balaban J connectivity index is 2.33. The summed E-state index contributed by atoms with van der Waals surface area (Å²) in [5, 5.41) is 0. The number of sulfonamides is 1. The summed E-state index contributed by atoms with van der Waals surface area (Å²) in [4.78, 5) is -0.927. The van der Waals surface area contributed by atoms with Crippen molar-refractivity contribution in [3.63, 3.8) is 0 Å². The van der Waals surface area contributed by atoms with E-state index < -0.39 is 38.4 Å². The fourth-order valence-corrected chi connectivity index (χ4v) is 3.12. The summed E-state index contributed by atoms with van der Waals surface area (Å²) in [6.45, 7) is 1.56. The van der Waals surface area contributed by atoms with Gasteiger partial charge in [-0.3, -0.25) is 0 Å². The van der Waals surface area contributed by atoms with Gasteiger partial charge < -0.3 is 0 Å². The number of nitrogens with one attached hydrogen (secondary N) is 1. The van der Waals surface area contributed by atoms with E-state index in [-0.39, 0.29) is 0 Å². The quantitative estimate of drug-likeness (QED) is 0.881. The van der Waals surface area contributed by atoms with Gasteiger partial charge in [0.05, 0.1) is 0 Å². The summed E-state index contributed by atoms with van der Waals surface area (Å²) in [5.74, 6) is -4.99. The maximum absolute atomic E-state index is 13.6. The molecule has 0 heterocycles. The molecule has 0 amide bonds. The first kappa shape index (κ1) is 15.5. The van der Waals surface area contributed by atoms with Gasteiger partial charge in [-0.15, -0.1) is 0 Å². The molecule has 0 fully saturated rings. The Morgan fingerprint density at radius 2 is 1.57 bits per heavy atom. The maximum atomic E-state index is 13.6. The van der Waals surface area contributed by atoms with E-state index in [1.807, 2.05) is 0 Å². The summed E-state index contributed by atoms with van der Waals surface area (Å²) in [6, 6.07) is 9.19. The molecule has 0 aliphatic heterocycles. The predicted octanol–water partition coefficient (Wildman–Crippen LogP) is 3.14. The van der Waals surface area contributed by atoms with E-state index in [2.05, 4.69) is 4.72 Å². The summed E-state index contributed by atoms with van der Waals surface area (Å²) in [6.07, 6.45) is 0. The molecule has 0 aliphatic carbocycles. The smallest absolute Gasteiger partial charge is 0.207 e. The standard InChI is InChI=1S/C14H12F3NO2S/c1-9(10-5-3-2-4-6-10)18-21(19,20)12-8-7-11(15)13(16)14(12)17/h2-9,18H,1H3. The van der Waals surface area contributed by atoms with Crippen LogP contribution in [-0.2, 0) is 10.0 Å². The van der Waals surface area contributed by atoms with Crippen LogP contribution in [0.4, 0.5) is 13.2 Å². The van der Waals surface area contributed by atoms with Crippen LogP contribution in [0.5, 0.6) is 0 Å². The van der Waals surface area contributed by atoms with Crippen molar-refractivity contribution in [3.05, 3.63) is 65.5 Å². The highest BCUT2D eigenvalue weighted by atomic mass is 32.2. The highest BCUT2D eigenvalue weighted by Gasteiger charge is 2.25. The van der Waals surface area contributed by atoms with E-state index in [4.69, 9.17) is 0 Å². The molecule has 3 nitrogen and oxygen atoms in total. The average Bonchev–Trinajstić information content (AvgIpc) is 2.45. The first-order valence-corrected chi connectivity index (χ1v) is 7.52. The van der Waals surface area contributed by atoms with Crippen LogP contribution in [0.2, 0.25) is 0 Å². The highest BCUT2D eigenvalue weighted by Crippen LogP contribution is 2.22.